The standard InChI is InChI=1S/C20H30N4O3/c1-6-13-10-16(15-11-17(25)23(5)18(15)21-13)24-9-7-8-14(12-24)22-19(26)27-20(2,3)4/h10,14H,6-9,11-12H2,1-5H3,(H,22,26)/t14-/m1/s1. The van der Waals surface area contributed by atoms with Gasteiger partial charge >= 0.3 is 6.09 Å². The molecular weight excluding hydrogens is 344 g/mol. The number of likely N-dealkylation sites (N-methyl/N-ethyl adjacent to an activating group) is 1. The number of carbonyl (C=O) groups excluding carboxylic acids is 2. The monoisotopic (exact) mass is 374 g/mol. The summed E-state index contributed by atoms with van der Waals surface area (Å²) in [5.74, 6) is 0.851. The number of hydrogen-bond acceptors (Lipinski definition) is 5. The van der Waals surface area contributed by atoms with Crippen molar-refractivity contribution in [3.05, 3.63) is 17.3 Å². The molecule has 3 rings (SSSR count). The Morgan fingerprint density at radius 1 is 1.41 bits per heavy atom. The number of pyridine rings is 1. The molecule has 1 saturated heterocycles. The first-order valence-electron chi connectivity index (χ1n) is 9.71. The van der Waals surface area contributed by atoms with Gasteiger partial charge in [-0.15, -0.1) is 0 Å². The smallest absolute Gasteiger partial charge is 0.407 e. The molecule has 3 heterocycles. The van der Waals surface area contributed by atoms with Crippen molar-refractivity contribution in [3.8, 4) is 0 Å². The molecule has 7 nitrogen and oxygen atoms in total. The molecule has 0 aliphatic carbocycles. The number of carbonyl (C=O) groups is 2. The lowest BCUT2D eigenvalue weighted by molar-refractivity contribution is -0.117. The van der Waals surface area contributed by atoms with Gasteiger partial charge in [0.1, 0.15) is 11.4 Å². The molecule has 1 fully saturated rings. The predicted octanol–water partition coefficient (Wildman–Crippen LogP) is 2.66. The maximum Gasteiger partial charge on any atom is 0.407 e. The van der Waals surface area contributed by atoms with Crippen LogP contribution < -0.4 is 15.1 Å². The number of alkyl carbamates (subject to hydrolysis) is 1. The second kappa shape index (κ2) is 7.37. The van der Waals surface area contributed by atoms with E-state index in [2.05, 4.69) is 28.2 Å². The van der Waals surface area contributed by atoms with Gasteiger partial charge in [0.2, 0.25) is 5.91 Å². The van der Waals surface area contributed by atoms with E-state index in [0.717, 1.165) is 48.6 Å². The third-order valence-corrected chi connectivity index (χ3v) is 5.00. The molecule has 0 saturated carbocycles. The van der Waals surface area contributed by atoms with Crippen LogP contribution in [0.4, 0.5) is 16.3 Å². The minimum absolute atomic E-state index is 0.0253. The fourth-order valence-corrected chi connectivity index (χ4v) is 3.68. The number of hydrogen-bond donors (Lipinski definition) is 1. The Hall–Kier alpha value is -2.31. The second-order valence-electron chi connectivity index (χ2n) is 8.35. The van der Waals surface area contributed by atoms with Crippen LogP contribution in [0.5, 0.6) is 0 Å². The summed E-state index contributed by atoms with van der Waals surface area (Å²) in [5.41, 5.74) is 2.54. The van der Waals surface area contributed by atoms with Gasteiger partial charge in [0.15, 0.2) is 0 Å². The van der Waals surface area contributed by atoms with Crippen molar-refractivity contribution < 1.29 is 14.3 Å². The Kier molecular flexibility index (Phi) is 5.31. The minimum atomic E-state index is -0.509. The van der Waals surface area contributed by atoms with Crippen molar-refractivity contribution in [2.75, 3.05) is 29.9 Å². The van der Waals surface area contributed by atoms with Crippen LogP contribution in [0.15, 0.2) is 6.07 Å². The number of amides is 2. The molecule has 27 heavy (non-hydrogen) atoms. The van der Waals surface area contributed by atoms with E-state index < -0.39 is 5.60 Å². The van der Waals surface area contributed by atoms with Gasteiger partial charge in [-0.2, -0.15) is 0 Å². The van der Waals surface area contributed by atoms with Crippen LogP contribution in [0.3, 0.4) is 0 Å². The molecule has 1 aromatic rings. The van der Waals surface area contributed by atoms with Crippen molar-refractivity contribution >= 4 is 23.5 Å². The zero-order valence-electron chi connectivity index (χ0n) is 17.0. The van der Waals surface area contributed by atoms with Crippen LogP contribution in [0.25, 0.3) is 0 Å². The largest absolute Gasteiger partial charge is 0.444 e. The molecule has 148 valence electrons. The molecule has 0 radical (unpaired) electrons. The van der Waals surface area contributed by atoms with Gasteiger partial charge in [-0.3, -0.25) is 9.69 Å². The van der Waals surface area contributed by atoms with Crippen molar-refractivity contribution in [2.45, 2.75) is 65.0 Å². The Morgan fingerprint density at radius 2 is 2.15 bits per heavy atom. The van der Waals surface area contributed by atoms with E-state index >= 15 is 0 Å². The van der Waals surface area contributed by atoms with Crippen molar-refractivity contribution in [3.63, 3.8) is 0 Å². The normalized spacial score (nSPS) is 19.9. The van der Waals surface area contributed by atoms with Crippen LogP contribution in [0.2, 0.25) is 0 Å². The molecule has 2 aliphatic heterocycles. The van der Waals surface area contributed by atoms with Crippen LogP contribution >= 0.6 is 0 Å². The summed E-state index contributed by atoms with van der Waals surface area (Å²) in [6.07, 6.45) is 2.72. The zero-order chi connectivity index (χ0) is 19.8. The number of nitrogens with one attached hydrogen (secondary N) is 1. The zero-order valence-corrected chi connectivity index (χ0v) is 17.0. The topological polar surface area (TPSA) is 74.8 Å². The average Bonchev–Trinajstić information content (AvgIpc) is 2.87. The number of aryl methyl sites for hydroxylation is 1. The van der Waals surface area contributed by atoms with Crippen molar-refractivity contribution in [2.24, 2.45) is 0 Å². The molecular formula is C20H30N4O3. The highest BCUT2D eigenvalue weighted by Gasteiger charge is 2.32. The Balaban J connectivity index is 1.79. The van der Waals surface area contributed by atoms with E-state index in [9.17, 15) is 9.59 Å². The second-order valence-corrected chi connectivity index (χ2v) is 8.35. The Morgan fingerprint density at radius 3 is 2.81 bits per heavy atom. The minimum Gasteiger partial charge on any atom is -0.444 e. The number of piperidine rings is 1. The van der Waals surface area contributed by atoms with Gasteiger partial charge in [-0.25, -0.2) is 9.78 Å². The molecule has 1 N–H and O–H groups in total. The fourth-order valence-electron chi connectivity index (χ4n) is 3.68. The fraction of sp³-hybridized carbons (Fsp3) is 0.650. The summed E-state index contributed by atoms with van der Waals surface area (Å²) in [5, 5.41) is 2.99. The van der Waals surface area contributed by atoms with E-state index in [0.29, 0.717) is 13.0 Å². The van der Waals surface area contributed by atoms with Crippen LogP contribution in [0.1, 0.15) is 51.8 Å². The van der Waals surface area contributed by atoms with E-state index in [-0.39, 0.29) is 18.0 Å². The summed E-state index contributed by atoms with van der Waals surface area (Å²) in [6, 6.07) is 2.12. The molecule has 0 unspecified atom stereocenters. The van der Waals surface area contributed by atoms with E-state index in [1.165, 1.54) is 0 Å². The molecule has 2 amide bonds. The first-order valence-corrected chi connectivity index (χ1v) is 9.71. The van der Waals surface area contributed by atoms with E-state index in [4.69, 9.17) is 4.74 Å². The lowest BCUT2D eigenvalue weighted by Crippen LogP contribution is -2.49. The quantitative estimate of drug-likeness (QED) is 0.880. The number of nitrogens with zero attached hydrogens (tertiary/aromatic N) is 3. The summed E-state index contributed by atoms with van der Waals surface area (Å²) >= 11 is 0. The summed E-state index contributed by atoms with van der Waals surface area (Å²) in [4.78, 5) is 32.9. The van der Waals surface area contributed by atoms with Gasteiger partial charge < -0.3 is 15.0 Å². The summed E-state index contributed by atoms with van der Waals surface area (Å²) in [7, 11) is 1.79. The number of anilines is 2. The molecule has 7 heteroatoms. The lowest BCUT2D eigenvalue weighted by atomic mass is 10.0. The van der Waals surface area contributed by atoms with Crippen LogP contribution in [-0.2, 0) is 22.4 Å². The number of ether oxygens (including phenoxy) is 1. The van der Waals surface area contributed by atoms with Gasteiger partial charge in [-0.05, 0) is 46.1 Å². The molecule has 2 aliphatic rings. The number of rotatable bonds is 3. The molecule has 1 atom stereocenters. The summed E-state index contributed by atoms with van der Waals surface area (Å²) < 4.78 is 5.39. The molecule has 0 spiro atoms. The molecule has 0 bridgehead atoms. The highest BCUT2D eigenvalue weighted by atomic mass is 16.6. The predicted molar refractivity (Wildman–Crippen MR) is 105 cm³/mol. The average molecular weight is 374 g/mol. The van der Waals surface area contributed by atoms with Crippen molar-refractivity contribution in [1.29, 1.82) is 0 Å². The van der Waals surface area contributed by atoms with E-state index in [1.807, 2.05) is 20.8 Å². The number of aromatic nitrogens is 1. The lowest BCUT2D eigenvalue weighted by Gasteiger charge is -2.36. The highest BCUT2D eigenvalue weighted by Crippen LogP contribution is 2.36. The first-order chi connectivity index (χ1) is 12.7. The maximum absolute atomic E-state index is 12.2. The first kappa shape index (κ1) is 19.5. The third kappa shape index (κ3) is 4.34. The van der Waals surface area contributed by atoms with Crippen molar-refractivity contribution in [1.82, 2.24) is 10.3 Å². The Labute approximate surface area is 161 Å². The Bertz CT molecular complexity index is 741. The molecule has 0 aromatic carbocycles. The number of fused-ring (bicyclic) bond motifs is 1. The van der Waals surface area contributed by atoms with Gasteiger partial charge in [0, 0.05) is 43.1 Å². The SMILES string of the molecule is CCc1cc(N2CCC[C@@H](NC(=O)OC(C)(C)C)C2)c2c(n1)N(C)C(=O)C2. The van der Waals surface area contributed by atoms with E-state index in [1.54, 1.807) is 11.9 Å². The van der Waals surface area contributed by atoms with Crippen LogP contribution in [-0.4, -0.2) is 48.8 Å². The maximum atomic E-state index is 12.2. The van der Waals surface area contributed by atoms with Crippen LogP contribution in [0, 0.1) is 0 Å². The van der Waals surface area contributed by atoms with Gasteiger partial charge in [0.05, 0.1) is 6.42 Å². The summed E-state index contributed by atoms with van der Waals surface area (Å²) in [6.45, 7) is 9.26. The third-order valence-electron chi connectivity index (χ3n) is 5.00. The highest BCUT2D eigenvalue weighted by molar-refractivity contribution is 6.01. The molecule has 1 aromatic heterocycles. The van der Waals surface area contributed by atoms with Gasteiger partial charge in [0.25, 0.3) is 0 Å². The van der Waals surface area contributed by atoms with Gasteiger partial charge in [-0.1, -0.05) is 6.92 Å².